The molecule has 0 saturated heterocycles. The van der Waals surface area contributed by atoms with Crippen LogP contribution in [-0.4, -0.2) is 23.3 Å². The second-order valence-electron chi connectivity index (χ2n) is 2.39. The molecule has 13 heavy (non-hydrogen) atoms. The Morgan fingerprint density at radius 1 is 1.62 bits per heavy atom. The van der Waals surface area contributed by atoms with Gasteiger partial charge in [-0.2, -0.15) is 5.26 Å². The molecule has 0 radical (unpaired) electrons. The molecule has 0 aliphatic rings. The molecule has 0 atom stereocenters. The first-order valence-electron chi connectivity index (χ1n) is 3.97. The molecule has 1 heterocycles. The third-order valence-electron chi connectivity index (χ3n) is 1.44. The molecule has 1 aromatic heterocycles. The number of pyridine rings is 1. The molecule has 1 aromatic rings. The number of aliphatic hydroxyl groups excluding tert-OH is 1. The first-order chi connectivity index (χ1) is 6.38. The summed E-state index contributed by atoms with van der Waals surface area (Å²) in [5.74, 6) is 0.471. The van der Waals surface area contributed by atoms with E-state index in [1.165, 1.54) is 6.20 Å². The molecular weight excluding hydrogens is 168 g/mol. The predicted octanol–water partition coefficient (Wildman–Crippen LogP) is 0.714. The van der Waals surface area contributed by atoms with Gasteiger partial charge in [-0.3, -0.25) is 0 Å². The summed E-state index contributed by atoms with van der Waals surface area (Å²) < 4.78 is 5.22. The summed E-state index contributed by atoms with van der Waals surface area (Å²) in [5, 5.41) is 17.1. The van der Waals surface area contributed by atoms with E-state index >= 15 is 0 Å². The Morgan fingerprint density at radius 3 is 3.15 bits per heavy atom. The maximum atomic E-state index is 8.63. The normalized spacial score (nSPS) is 9.23. The monoisotopic (exact) mass is 178 g/mol. The molecule has 0 fully saturated rings. The first kappa shape index (κ1) is 9.49. The minimum Gasteiger partial charge on any atom is -0.490 e. The Hall–Kier alpha value is -1.60. The summed E-state index contributed by atoms with van der Waals surface area (Å²) in [6.45, 7) is 0.485. The van der Waals surface area contributed by atoms with Gasteiger partial charge >= 0.3 is 0 Å². The molecule has 0 amide bonds. The Bertz CT molecular complexity index is 307. The minimum absolute atomic E-state index is 0.0855. The van der Waals surface area contributed by atoms with Gasteiger partial charge < -0.3 is 9.84 Å². The fourth-order valence-electron chi connectivity index (χ4n) is 0.838. The van der Waals surface area contributed by atoms with Gasteiger partial charge in [-0.15, -0.1) is 0 Å². The highest BCUT2D eigenvalue weighted by Gasteiger charge is 2.01. The van der Waals surface area contributed by atoms with Gasteiger partial charge in [0.25, 0.3) is 0 Å². The van der Waals surface area contributed by atoms with Crippen LogP contribution in [-0.2, 0) is 0 Å². The van der Waals surface area contributed by atoms with Gasteiger partial charge in [0, 0.05) is 19.2 Å². The summed E-state index contributed by atoms with van der Waals surface area (Å²) in [4.78, 5) is 3.83. The zero-order chi connectivity index (χ0) is 9.52. The van der Waals surface area contributed by atoms with E-state index in [9.17, 15) is 0 Å². The smallest absolute Gasteiger partial charge is 0.182 e. The quantitative estimate of drug-likeness (QED) is 0.690. The average molecular weight is 178 g/mol. The lowest BCUT2D eigenvalue weighted by Crippen LogP contribution is -2.01. The molecule has 0 aliphatic carbocycles. The van der Waals surface area contributed by atoms with Crippen molar-refractivity contribution in [3.8, 4) is 11.8 Å². The van der Waals surface area contributed by atoms with Crippen LogP contribution in [0.5, 0.6) is 5.75 Å². The van der Waals surface area contributed by atoms with Gasteiger partial charge in [0.05, 0.1) is 6.61 Å². The summed E-state index contributed by atoms with van der Waals surface area (Å²) in [6, 6.07) is 5.31. The average Bonchev–Trinajstić information content (AvgIpc) is 2.19. The third-order valence-corrected chi connectivity index (χ3v) is 1.44. The van der Waals surface area contributed by atoms with Crippen LogP contribution in [0.4, 0.5) is 0 Å². The second kappa shape index (κ2) is 5.12. The van der Waals surface area contributed by atoms with Crippen LogP contribution in [0.15, 0.2) is 18.3 Å². The largest absolute Gasteiger partial charge is 0.490 e. The molecular formula is C9H10N2O2. The first-order valence-corrected chi connectivity index (χ1v) is 3.97. The van der Waals surface area contributed by atoms with Crippen molar-refractivity contribution in [1.29, 1.82) is 5.26 Å². The van der Waals surface area contributed by atoms with Crippen molar-refractivity contribution in [3.63, 3.8) is 0 Å². The lowest BCUT2D eigenvalue weighted by Gasteiger charge is -2.04. The van der Waals surface area contributed by atoms with Gasteiger partial charge in [-0.1, -0.05) is 0 Å². The van der Waals surface area contributed by atoms with Crippen LogP contribution in [0.25, 0.3) is 0 Å². The number of hydrogen-bond donors (Lipinski definition) is 1. The number of nitriles is 1. The van der Waals surface area contributed by atoms with E-state index in [4.69, 9.17) is 15.1 Å². The van der Waals surface area contributed by atoms with Crippen LogP contribution in [0, 0.1) is 11.3 Å². The molecule has 1 N–H and O–H groups in total. The lowest BCUT2D eigenvalue weighted by molar-refractivity contribution is 0.233. The highest BCUT2D eigenvalue weighted by atomic mass is 16.5. The topological polar surface area (TPSA) is 66.1 Å². The molecule has 0 spiro atoms. The number of aliphatic hydroxyl groups is 1. The molecule has 4 heteroatoms. The molecule has 1 rings (SSSR count). The summed E-state index contributed by atoms with van der Waals surface area (Å²) in [5.41, 5.74) is 0.278. The number of rotatable bonds is 4. The van der Waals surface area contributed by atoms with Gasteiger partial charge in [-0.25, -0.2) is 4.98 Å². The standard InChI is InChI=1S/C9H10N2O2/c10-7-8-9(3-1-4-11-8)13-6-2-5-12/h1,3-4,12H,2,5-6H2. The van der Waals surface area contributed by atoms with Gasteiger partial charge in [-0.05, 0) is 12.1 Å². The van der Waals surface area contributed by atoms with Gasteiger partial charge in [0.15, 0.2) is 11.4 Å². The van der Waals surface area contributed by atoms with Gasteiger partial charge in [0.2, 0.25) is 0 Å². The molecule has 0 aliphatic heterocycles. The Morgan fingerprint density at radius 2 is 2.46 bits per heavy atom. The number of aromatic nitrogens is 1. The summed E-state index contributed by atoms with van der Waals surface area (Å²) >= 11 is 0. The van der Waals surface area contributed by atoms with Crippen LogP contribution in [0.2, 0.25) is 0 Å². The van der Waals surface area contributed by atoms with Crippen LogP contribution < -0.4 is 4.74 Å². The molecule has 0 saturated carbocycles. The highest BCUT2D eigenvalue weighted by Crippen LogP contribution is 2.13. The molecule has 0 unspecified atom stereocenters. The fraction of sp³-hybridized carbons (Fsp3) is 0.333. The number of nitrogens with zero attached hydrogens (tertiary/aromatic N) is 2. The Kier molecular flexibility index (Phi) is 3.74. The van der Waals surface area contributed by atoms with Gasteiger partial charge in [0.1, 0.15) is 6.07 Å². The third kappa shape index (κ3) is 2.73. The van der Waals surface area contributed by atoms with E-state index in [0.717, 1.165) is 0 Å². The van der Waals surface area contributed by atoms with E-state index < -0.39 is 0 Å². The zero-order valence-corrected chi connectivity index (χ0v) is 7.10. The van der Waals surface area contributed by atoms with Crippen LogP contribution in [0.1, 0.15) is 12.1 Å². The zero-order valence-electron chi connectivity index (χ0n) is 7.10. The molecule has 0 aromatic carbocycles. The van der Waals surface area contributed by atoms with Crippen molar-refractivity contribution in [2.75, 3.05) is 13.2 Å². The van der Waals surface area contributed by atoms with Crippen molar-refractivity contribution in [3.05, 3.63) is 24.0 Å². The molecule has 4 nitrogen and oxygen atoms in total. The number of hydrogen-bond acceptors (Lipinski definition) is 4. The highest BCUT2D eigenvalue weighted by molar-refractivity contribution is 5.36. The van der Waals surface area contributed by atoms with Crippen molar-refractivity contribution in [1.82, 2.24) is 4.98 Å². The van der Waals surface area contributed by atoms with Crippen molar-refractivity contribution in [2.45, 2.75) is 6.42 Å². The van der Waals surface area contributed by atoms with Crippen molar-refractivity contribution < 1.29 is 9.84 Å². The van der Waals surface area contributed by atoms with Crippen molar-refractivity contribution >= 4 is 0 Å². The van der Waals surface area contributed by atoms with E-state index in [0.29, 0.717) is 18.8 Å². The SMILES string of the molecule is N#Cc1ncccc1OCCCO. The van der Waals surface area contributed by atoms with E-state index in [1.807, 2.05) is 6.07 Å². The van der Waals surface area contributed by atoms with E-state index in [1.54, 1.807) is 12.1 Å². The van der Waals surface area contributed by atoms with Crippen molar-refractivity contribution in [2.24, 2.45) is 0 Å². The maximum Gasteiger partial charge on any atom is 0.182 e. The summed E-state index contributed by atoms with van der Waals surface area (Å²) in [6.07, 6.45) is 2.09. The molecule has 68 valence electrons. The summed E-state index contributed by atoms with van der Waals surface area (Å²) in [7, 11) is 0. The Labute approximate surface area is 76.4 Å². The molecule has 0 bridgehead atoms. The Balaban J connectivity index is 2.60. The van der Waals surface area contributed by atoms with Crippen LogP contribution >= 0.6 is 0 Å². The van der Waals surface area contributed by atoms with E-state index in [2.05, 4.69) is 4.98 Å². The predicted molar refractivity (Wildman–Crippen MR) is 46.1 cm³/mol. The second-order valence-corrected chi connectivity index (χ2v) is 2.39. The number of ether oxygens (including phenoxy) is 1. The maximum absolute atomic E-state index is 8.63. The van der Waals surface area contributed by atoms with E-state index in [-0.39, 0.29) is 12.3 Å². The minimum atomic E-state index is 0.0855. The van der Waals surface area contributed by atoms with Crippen LogP contribution in [0.3, 0.4) is 0 Å². The lowest BCUT2D eigenvalue weighted by atomic mass is 10.3. The fourth-order valence-corrected chi connectivity index (χ4v) is 0.838.